The van der Waals surface area contributed by atoms with Gasteiger partial charge in [0.1, 0.15) is 12.6 Å². The number of thiocarbonyl (C=S) groups is 1. The molecule has 0 saturated carbocycles. The van der Waals surface area contributed by atoms with E-state index in [1.807, 2.05) is 66.9 Å². The molecule has 5 rings (SSSR count). The first-order valence-electron chi connectivity index (χ1n) is 11.1. The monoisotopic (exact) mass is 484 g/mol. The molecule has 2 N–H and O–H groups in total. The van der Waals surface area contributed by atoms with Gasteiger partial charge in [0.25, 0.3) is 0 Å². The van der Waals surface area contributed by atoms with E-state index >= 15 is 0 Å². The van der Waals surface area contributed by atoms with Crippen molar-refractivity contribution in [2.24, 2.45) is 0 Å². The molecule has 0 aliphatic carbocycles. The number of carbonyl (C=O) groups excluding carboxylic acids is 1. The van der Waals surface area contributed by atoms with Gasteiger partial charge in [-0.05, 0) is 72.9 Å². The summed E-state index contributed by atoms with van der Waals surface area (Å²) in [5.41, 5.74) is 4.55. The van der Waals surface area contributed by atoms with E-state index in [1.54, 1.807) is 18.6 Å². The van der Waals surface area contributed by atoms with Gasteiger partial charge in [0.05, 0.1) is 11.7 Å². The molecule has 1 amide bonds. The SMILES string of the molecule is COCC(=O)Nc1ccc(N2C(=S)N[C@@H](c3ccccn3)[C@@H]2c2cccn2-c2ccncc2)cc1. The number of aromatic nitrogens is 3. The van der Waals surface area contributed by atoms with Crippen molar-refractivity contribution in [3.8, 4) is 5.69 Å². The Balaban J connectivity index is 1.55. The summed E-state index contributed by atoms with van der Waals surface area (Å²) in [6.07, 6.45) is 7.38. The molecule has 1 aliphatic rings. The molecule has 4 heterocycles. The number of methoxy groups -OCH3 is 1. The molecule has 9 heteroatoms. The summed E-state index contributed by atoms with van der Waals surface area (Å²) in [5, 5.41) is 6.91. The predicted octanol–water partition coefficient (Wildman–Crippen LogP) is 4.03. The minimum atomic E-state index is -0.207. The molecule has 35 heavy (non-hydrogen) atoms. The Morgan fingerprint density at radius 2 is 1.83 bits per heavy atom. The number of rotatable bonds is 7. The van der Waals surface area contributed by atoms with Gasteiger partial charge in [-0.3, -0.25) is 14.8 Å². The highest BCUT2D eigenvalue weighted by molar-refractivity contribution is 7.80. The second-order valence-corrected chi connectivity index (χ2v) is 8.42. The normalized spacial score (nSPS) is 17.3. The van der Waals surface area contributed by atoms with Gasteiger partial charge >= 0.3 is 0 Å². The number of ether oxygens (including phenoxy) is 1. The summed E-state index contributed by atoms with van der Waals surface area (Å²) in [6.45, 7) is 0.00169. The summed E-state index contributed by atoms with van der Waals surface area (Å²) in [7, 11) is 1.49. The molecule has 4 aromatic rings. The standard InChI is InChI=1S/C26H24N6O2S/c1-34-17-23(33)29-18-7-9-20(10-8-18)32-25(24(30-26(32)35)21-5-2-3-13-28-21)22-6-4-16-31(22)19-11-14-27-15-12-19/h2-16,24-25H,17H2,1H3,(H,29,33)(H,30,35)/t24-,25-/m0/s1. The van der Waals surface area contributed by atoms with Gasteiger partial charge in [-0.25, -0.2) is 0 Å². The maximum absolute atomic E-state index is 11.9. The highest BCUT2D eigenvalue weighted by Gasteiger charge is 2.42. The van der Waals surface area contributed by atoms with Gasteiger partial charge in [0.15, 0.2) is 5.11 Å². The van der Waals surface area contributed by atoms with Crippen molar-refractivity contribution < 1.29 is 9.53 Å². The van der Waals surface area contributed by atoms with Gasteiger partial charge in [0, 0.05) is 54.7 Å². The number of pyridine rings is 2. The number of nitrogens with zero attached hydrogens (tertiary/aromatic N) is 4. The smallest absolute Gasteiger partial charge is 0.250 e. The highest BCUT2D eigenvalue weighted by Crippen LogP contribution is 2.42. The molecule has 0 radical (unpaired) electrons. The lowest BCUT2D eigenvalue weighted by molar-refractivity contribution is -0.119. The minimum absolute atomic E-state index is 0.00169. The third-order valence-electron chi connectivity index (χ3n) is 5.83. The molecule has 176 valence electrons. The first-order valence-corrected chi connectivity index (χ1v) is 11.5. The minimum Gasteiger partial charge on any atom is -0.375 e. The molecule has 3 aromatic heterocycles. The van der Waals surface area contributed by atoms with E-state index in [4.69, 9.17) is 17.0 Å². The molecule has 1 aromatic carbocycles. The fourth-order valence-electron chi connectivity index (χ4n) is 4.34. The van der Waals surface area contributed by atoms with Crippen LogP contribution in [0.25, 0.3) is 5.69 Å². The van der Waals surface area contributed by atoms with Gasteiger partial charge in [-0.15, -0.1) is 0 Å². The van der Waals surface area contributed by atoms with E-state index in [-0.39, 0.29) is 24.6 Å². The van der Waals surface area contributed by atoms with Gasteiger partial charge in [-0.2, -0.15) is 0 Å². The molecule has 0 unspecified atom stereocenters. The van der Waals surface area contributed by atoms with Crippen molar-refractivity contribution in [1.82, 2.24) is 19.9 Å². The second-order valence-electron chi connectivity index (χ2n) is 8.03. The van der Waals surface area contributed by atoms with E-state index in [0.717, 1.165) is 22.8 Å². The van der Waals surface area contributed by atoms with Crippen LogP contribution in [0.4, 0.5) is 11.4 Å². The quantitative estimate of drug-likeness (QED) is 0.383. The number of anilines is 2. The lowest BCUT2D eigenvalue weighted by atomic mass is 10.0. The lowest BCUT2D eigenvalue weighted by Gasteiger charge is -2.29. The molecule has 0 spiro atoms. The predicted molar refractivity (Wildman–Crippen MR) is 138 cm³/mol. The van der Waals surface area contributed by atoms with Crippen LogP contribution in [-0.4, -0.2) is 39.3 Å². The molecule has 1 saturated heterocycles. The van der Waals surface area contributed by atoms with E-state index in [2.05, 4.69) is 36.1 Å². The summed E-state index contributed by atoms with van der Waals surface area (Å²) < 4.78 is 7.04. The fraction of sp³-hybridized carbons (Fsp3) is 0.154. The van der Waals surface area contributed by atoms with Crippen molar-refractivity contribution in [2.45, 2.75) is 12.1 Å². The summed E-state index contributed by atoms with van der Waals surface area (Å²) in [5.74, 6) is -0.207. The third kappa shape index (κ3) is 4.64. The van der Waals surface area contributed by atoms with E-state index < -0.39 is 0 Å². The van der Waals surface area contributed by atoms with Crippen LogP contribution in [-0.2, 0) is 9.53 Å². The Bertz CT molecular complexity index is 1310. The first-order chi connectivity index (χ1) is 17.2. The van der Waals surface area contributed by atoms with Gasteiger partial charge < -0.3 is 24.8 Å². The van der Waals surface area contributed by atoms with Crippen molar-refractivity contribution >= 4 is 34.6 Å². The van der Waals surface area contributed by atoms with Crippen LogP contribution in [0.5, 0.6) is 0 Å². The topological polar surface area (TPSA) is 84.3 Å². The number of hydrogen-bond donors (Lipinski definition) is 2. The zero-order valence-electron chi connectivity index (χ0n) is 19.0. The molecule has 8 nitrogen and oxygen atoms in total. The molecule has 1 aliphatic heterocycles. The summed E-state index contributed by atoms with van der Waals surface area (Å²) in [4.78, 5) is 22.8. The second kappa shape index (κ2) is 10.0. The average molecular weight is 485 g/mol. The van der Waals surface area contributed by atoms with Crippen LogP contribution in [0.1, 0.15) is 23.5 Å². The van der Waals surface area contributed by atoms with Crippen LogP contribution < -0.4 is 15.5 Å². The zero-order chi connectivity index (χ0) is 24.2. The number of amides is 1. The van der Waals surface area contributed by atoms with Crippen molar-refractivity contribution in [1.29, 1.82) is 0 Å². The van der Waals surface area contributed by atoms with Crippen LogP contribution in [0.2, 0.25) is 0 Å². The molecular weight excluding hydrogens is 460 g/mol. The highest BCUT2D eigenvalue weighted by atomic mass is 32.1. The Hall–Kier alpha value is -4.08. The summed E-state index contributed by atoms with van der Waals surface area (Å²) >= 11 is 5.83. The number of nitrogens with one attached hydrogen (secondary N) is 2. The molecule has 2 atom stereocenters. The van der Waals surface area contributed by atoms with Crippen LogP contribution >= 0.6 is 12.2 Å². The van der Waals surface area contributed by atoms with E-state index in [9.17, 15) is 4.79 Å². The van der Waals surface area contributed by atoms with Crippen molar-refractivity contribution in [3.63, 3.8) is 0 Å². The van der Waals surface area contributed by atoms with Gasteiger partial charge in [0.2, 0.25) is 5.91 Å². The van der Waals surface area contributed by atoms with Crippen molar-refractivity contribution in [3.05, 3.63) is 103 Å². The van der Waals surface area contributed by atoms with Crippen LogP contribution in [0.15, 0.2) is 91.5 Å². The Morgan fingerprint density at radius 1 is 1.03 bits per heavy atom. The lowest BCUT2D eigenvalue weighted by Crippen LogP contribution is -2.30. The number of benzene rings is 1. The van der Waals surface area contributed by atoms with E-state index in [0.29, 0.717) is 10.8 Å². The average Bonchev–Trinajstić information content (AvgIpc) is 3.50. The Labute approximate surface area is 208 Å². The van der Waals surface area contributed by atoms with Gasteiger partial charge in [-0.1, -0.05) is 6.07 Å². The largest absolute Gasteiger partial charge is 0.375 e. The molecule has 1 fully saturated rings. The van der Waals surface area contributed by atoms with Crippen LogP contribution in [0.3, 0.4) is 0 Å². The first kappa shape index (κ1) is 22.7. The zero-order valence-corrected chi connectivity index (χ0v) is 19.9. The van der Waals surface area contributed by atoms with Crippen molar-refractivity contribution in [2.75, 3.05) is 23.9 Å². The maximum Gasteiger partial charge on any atom is 0.250 e. The number of carbonyl (C=O) groups is 1. The Morgan fingerprint density at radius 3 is 2.54 bits per heavy atom. The maximum atomic E-state index is 11.9. The third-order valence-corrected chi connectivity index (χ3v) is 6.14. The molecular formula is C26H24N6O2S. The Kier molecular flexibility index (Phi) is 6.51. The number of hydrogen-bond acceptors (Lipinski definition) is 5. The molecule has 0 bridgehead atoms. The summed E-state index contributed by atoms with van der Waals surface area (Å²) in [6, 6.07) is 21.2. The van der Waals surface area contributed by atoms with Crippen LogP contribution in [0, 0.1) is 0 Å². The fourth-order valence-corrected chi connectivity index (χ4v) is 4.69. The van der Waals surface area contributed by atoms with E-state index in [1.165, 1.54) is 7.11 Å².